The van der Waals surface area contributed by atoms with Crippen molar-refractivity contribution in [3.05, 3.63) is 58.6 Å². The monoisotopic (exact) mass is 393 g/mol. The number of benzene rings is 2. The number of piperazine rings is 1. The maximum atomic E-state index is 6.47. The minimum Gasteiger partial charge on any atom is -0.368 e. The van der Waals surface area contributed by atoms with Crippen molar-refractivity contribution in [2.75, 3.05) is 31.1 Å². The van der Waals surface area contributed by atoms with Gasteiger partial charge in [0.05, 0.1) is 21.3 Å². The molecule has 4 rings (SSSR count). The summed E-state index contributed by atoms with van der Waals surface area (Å²) < 4.78 is 0. The Kier molecular flexibility index (Phi) is 5.70. The van der Waals surface area contributed by atoms with Crippen molar-refractivity contribution in [2.45, 2.75) is 0 Å². The van der Waals surface area contributed by atoms with E-state index in [0.29, 0.717) is 10.0 Å². The Morgan fingerprint density at radius 2 is 1.68 bits per heavy atom. The number of fused-ring (bicyclic) bond motifs is 1. The fraction of sp³-hybridized carbons (Fsp3) is 0.211. The molecule has 3 aromatic rings. The van der Waals surface area contributed by atoms with Crippen LogP contribution in [0.3, 0.4) is 0 Å². The van der Waals surface area contributed by atoms with Crippen molar-refractivity contribution in [2.24, 2.45) is 0 Å². The number of halogens is 3. The number of anilines is 1. The van der Waals surface area contributed by atoms with Crippen molar-refractivity contribution in [1.29, 1.82) is 0 Å². The third-order valence-corrected chi connectivity index (χ3v) is 5.17. The van der Waals surface area contributed by atoms with E-state index in [-0.39, 0.29) is 12.4 Å². The molecule has 1 aliphatic heterocycles. The van der Waals surface area contributed by atoms with E-state index in [9.17, 15) is 0 Å². The Labute approximate surface area is 163 Å². The van der Waals surface area contributed by atoms with Gasteiger partial charge in [-0.2, -0.15) is 0 Å². The average Bonchev–Trinajstić information content (AvgIpc) is 2.65. The van der Waals surface area contributed by atoms with Gasteiger partial charge < -0.3 is 10.2 Å². The number of pyridine rings is 1. The van der Waals surface area contributed by atoms with Crippen LogP contribution >= 0.6 is 35.6 Å². The first-order valence-electron chi connectivity index (χ1n) is 8.04. The van der Waals surface area contributed by atoms with Crippen molar-refractivity contribution in [3.8, 4) is 11.3 Å². The molecule has 0 amide bonds. The van der Waals surface area contributed by atoms with Crippen LogP contribution in [0.2, 0.25) is 10.0 Å². The predicted molar refractivity (Wildman–Crippen MR) is 110 cm³/mol. The van der Waals surface area contributed by atoms with Gasteiger partial charge in [0.1, 0.15) is 0 Å². The van der Waals surface area contributed by atoms with Crippen molar-refractivity contribution >= 4 is 52.2 Å². The molecule has 2 heterocycles. The summed E-state index contributed by atoms with van der Waals surface area (Å²) in [6.45, 7) is 3.89. The van der Waals surface area contributed by atoms with E-state index in [1.807, 2.05) is 30.3 Å². The zero-order valence-corrected chi connectivity index (χ0v) is 15.8. The van der Waals surface area contributed by atoms with Crippen molar-refractivity contribution < 1.29 is 0 Å². The maximum absolute atomic E-state index is 6.47. The largest absolute Gasteiger partial charge is 0.368 e. The van der Waals surface area contributed by atoms with Gasteiger partial charge in [-0.1, -0.05) is 53.5 Å². The van der Waals surface area contributed by atoms with Crippen LogP contribution in [-0.4, -0.2) is 31.2 Å². The molecule has 0 spiro atoms. The van der Waals surface area contributed by atoms with Gasteiger partial charge in [0.15, 0.2) is 0 Å². The van der Waals surface area contributed by atoms with Gasteiger partial charge in [-0.25, -0.2) is 4.98 Å². The van der Waals surface area contributed by atoms with Crippen LogP contribution in [0.1, 0.15) is 0 Å². The Hall–Kier alpha value is -1.52. The molecule has 1 fully saturated rings. The lowest BCUT2D eigenvalue weighted by molar-refractivity contribution is 0.590. The number of hydrogen-bond donors (Lipinski definition) is 1. The first-order chi connectivity index (χ1) is 11.7. The van der Waals surface area contributed by atoms with Gasteiger partial charge in [-0.3, -0.25) is 0 Å². The smallest absolute Gasteiger partial charge is 0.0931 e. The van der Waals surface area contributed by atoms with E-state index in [4.69, 9.17) is 28.2 Å². The third kappa shape index (κ3) is 3.56. The van der Waals surface area contributed by atoms with Gasteiger partial charge in [-0.05, 0) is 18.2 Å². The number of nitrogens with one attached hydrogen (secondary N) is 1. The summed E-state index contributed by atoms with van der Waals surface area (Å²) in [7, 11) is 0. The predicted octanol–water partition coefficient (Wildman–Crippen LogP) is 5.04. The number of rotatable bonds is 2. The Morgan fingerprint density at radius 1 is 0.960 bits per heavy atom. The normalized spacial score (nSPS) is 14.4. The van der Waals surface area contributed by atoms with E-state index < -0.39 is 0 Å². The summed E-state index contributed by atoms with van der Waals surface area (Å²) in [5.41, 5.74) is 3.92. The van der Waals surface area contributed by atoms with E-state index in [1.54, 1.807) is 0 Å². The van der Waals surface area contributed by atoms with Gasteiger partial charge in [0, 0.05) is 42.8 Å². The van der Waals surface area contributed by atoms with Crippen molar-refractivity contribution in [1.82, 2.24) is 10.3 Å². The second-order valence-corrected chi connectivity index (χ2v) is 6.67. The van der Waals surface area contributed by atoms with Gasteiger partial charge in [0.2, 0.25) is 0 Å². The van der Waals surface area contributed by atoms with Crippen LogP contribution in [-0.2, 0) is 0 Å². The lowest BCUT2D eigenvalue weighted by Gasteiger charge is -2.31. The number of hydrogen-bond acceptors (Lipinski definition) is 3. The molecule has 0 radical (unpaired) electrons. The first-order valence-corrected chi connectivity index (χ1v) is 8.79. The molecule has 25 heavy (non-hydrogen) atoms. The van der Waals surface area contributed by atoms with Crippen LogP contribution in [0.25, 0.3) is 22.2 Å². The van der Waals surface area contributed by atoms with E-state index in [1.165, 1.54) is 5.69 Å². The Bertz CT molecular complexity index is 878. The molecule has 2 aromatic carbocycles. The highest BCUT2D eigenvalue weighted by Gasteiger charge is 2.18. The van der Waals surface area contributed by atoms with Crippen LogP contribution in [0.15, 0.2) is 48.5 Å². The molecule has 0 unspecified atom stereocenters. The molecule has 6 heteroatoms. The molecule has 1 saturated heterocycles. The van der Waals surface area contributed by atoms with Crippen LogP contribution in [0.4, 0.5) is 5.69 Å². The topological polar surface area (TPSA) is 28.2 Å². The molecule has 0 saturated carbocycles. The van der Waals surface area contributed by atoms with Gasteiger partial charge in [0.25, 0.3) is 0 Å². The van der Waals surface area contributed by atoms with E-state index in [2.05, 4.69) is 28.4 Å². The summed E-state index contributed by atoms with van der Waals surface area (Å²) in [6, 6.07) is 16.2. The quantitative estimate of drug-likeness (QED) is 0.660. The minimum absolute atomic E-state index is 0. The summed E-state index contributed by atoms with van der Waals surface area (Å²) in [4.78, 5) is 7.19. The summed E-state index contributed by atoms with van der Waals surface area (Å²) in [5, 5.41) is 5.49. The van der Waals surface area contributed by atoms with E-state index in [0.717, 1.165) is 48.3 Å². The second-order valence-electron chi connectivity index (χ2n) is 5.89. The van der Waals surface area contributed by atoms with Crippen LogP contribution < -0.4 is 10.2 Å². The second kappa shape index (κ2) is 7.79. The lowest BCUT2D eigenvalue weighted by atomic mass is 10.1. The maximum Gasteiger partial charge on any atom is 0.0931 e. The Balaban J connectivity index is 0.00000182. The molecule has 1 N–H and O–H groups in total. The standard InChI is InChI=1S/C19H17Cl2N3.ClH/c20-15-7-6-14-17(24-10-8-22-9-11-24)12-16(23-19(14)18(15)21)13-4-2-1-3-5-13;/h1-7,12,22H,8-11H2;1H. The molecular formula is C19H18Cl3N3. The number of aromatic nitrogens is 1. The highest BCUT2D eigenvalue weighted by atomic mass is 35.5. The lowest BCUT2D eigenvalue weighted by Crippen LogP contribution is -2.43. The average molecular weight is 395 g/mol. The summed E-state index contributed by atoms with van der Waals surface area (Å²) in [6.07, 6.45) is 0. The molecule has 0 atom stereocenters. The van der Waals surface area contributed by atoms with Gasteiger partial charge in [-0.15, -0.1) is 12.4 Å². The van der Waals surface area contributed by atoms with Crippen LogP contribution in [0.5, 0.6) is 0 Å². The van der Waals surface area contributed by atoms with Gasteiger partial charge >= 0.3 is 0 Å². The summed E-state index contributed by atoms with van der Waals surface area (Å²) >= 11 is 12.7. The Morgan fingerprint density at radius 3 is 2.40 bits per heavy atom. The molecule has 130 valence electrons. The molecular weight excluding hydrogens is 377 g/mol. The molecule has 1 aliphatic rings. The molecule has 3 nitrogen and oxygen atoms in total. The number of nitrogens with zero attached hydrogens (tertiary/aromatic N) is 2. The molecule has 0 aliphatic carbocycles. The highest BCUT2D eigenvalue weighted by molar-refractivity contribution is 6.45. The molecule has 1 aromatic heterocycles. The fourth-order valence-corrected chi connectivity index (χ4v) is 3.50. The minimum atomic E-state index is 0. The highest BCUT2D eigenvalue weighted by Crippen LogP contribution is 2.37. The molecule has 0 bridgehead atoms. The SMILES string of the molecule is Cl.Clc1ccc2c(N3CCNCC3)cc(-c3ccccc3)nc2c1Cl. The fourth-order valence-electron chi connectivity index (χ4n) is 3.14. The third-order valence-electron chi connectivity index (χ3n) is 4.38. The summed E-state index contributed by atoms with van der Waals surface area (Å²) in [5.74, 6) is 0. The first kappa shape index (κ1) is 18.3. The van der Waals surface area contributed by atoms with E-state index >= 15 is 0 Å². The van der Waals surface area contributed by atoms with Crippen LogP contribution in [0, 0.1) is 0 Å². The zero-order valence-electron chi connectivity index (χ0n) is 13.5. The zero-order chi connectivity index (χ0) is 16.5. The van der Waals surface area contributed by atoms with Crippen molar-refractivity contribution in [3.63, 3.8) is 0 Å².